The third-order valence-electron chi connectivity index (χ3n) is 3.60. The minimum absolute atomic E-state index is 0.297. The Morgan fingerprint density at radius 3 is 2.06 bits per heavy atom. The smallest absolute Gasteiger partial charge is 0.0701 e. The van der Waals surface area contributed by atoms with Crippen molar-refractivity contribution in [2.24, 2.45) is 11.3 Å². The van der Waals surface area contributed by atoms with Crippen LogP contribution in [0, 0.1) is 11.3 Å². The number of nitrogens with one attached hydrogen (secondary N) is 1. The maximum absolute atomic E-state index is 5.61. The fraction of sp³-hybridized carbons (Fsp3) is 1.00. The SMILES string of the molecule is CNCC(C)(CCOCCOCCOC)C(C)C. The molecule has 1 unspecified atom stereocenters. The molecule has 110 valence electrons. The van der Waals surface area contributed by atoms with E-state index in [0.717, 1.165) is 19.6 Å². The molecule has 1 N–H and O–H groups in total. The summed E-state index contributed by atoms with van der Waals surface area (Å²) in [6.45, 7) is 11.3. The summed E-state index contributed by atoms with van der Waals surface area (Å²) < 4.78 is 15.8. The van der Waals surface area contributed by atoms with Crippen molar-refractivity contribution < 1.29 is 14.2 Å². The zero-order valence-corrected chi connectivity index (χ0v) is 12.8. The monoisotopic (exact) mass is 261 g/mol. The Balaban J connectivity index is 3.56. The number of rotatable bonds is 12. The van der Waals surface area contributed by atoms with E-state index in [4.69, 9.17) is 14.2 Å². The van der Waals surface area contributed by atoms with Crippen molar-refractivity contribution in [3.8, 4) is 0 Å². The largest absolute Gasteiger partial charge is 0.382 e. The van der Waals surface area contributed by atoms with E-state index in [1.54, 1.807) is 7.11 Å². The summed E-state index contributed by atoms with van der Waals surface area (Å²) in [7, 11) is 3.68. The van der Waals surface area contributed by atoms with Crippen LogP contribution in [0.2, 0.25) is 0 Å². The zero-order chi connectivity index (χ0) is 13.9. The quantitative estimate of drug-likeness (QED) is 0.545. The van der Waals surface area contributed by atoms with E-state index in [9.17, 15) is 0 Å². The van der Waals surface area contributed by atoms with Gasteiger partial charge in [0.2, 0.25) is 0 Å². The van der Waals surface area contributed by atoms with Crippen molar-refractivity contribution in [2.45, 2.75) is 27.2 Å². The van der Waals surface area contributed by atoms with Gasteiger partial charge in [-0.1, -0.05) is 20.8 Å². The standard InChI is InChI=1S/C14H31NO3/c1-13(2)14(3,12-15-4)6-7-17-10-11-18-9-8-16-5/h13,15H,6-12H2,1-5H3. The molecule has 0 rings (SSSR count). The molecule has 0 aromatic rings. The van der Waals surface area contributed by atoms with Gasteiger partial charge in [-0.15, -0.1) is 0 Å². The molecule has 0 spiro atoms. The normalized spacial score (nSPS) is 15.0. The van der Waals surface area contributed by atoms with Crippen molar-refractivity contribution in [2.75, 3.05) is 53.7 Å². The Hall–Kier alpha value is -0.160. The summed E-state index contributed by atoms with van der Waals surface area (Å²) in [6, 6.07) is 0. The third kappa shape index (κ3) is 8.03. The maximum Gasteiger partial charge on any atom is 0.0701 e. The van der Waals surface area contributed by atoms with E-state index >= 15 is 0 Å². The molecule has 0 amide bonds. The van der Waals surface area contributed by atoms with Gasteiger partial charge in [0.25, 0.3) is 0 Å². The first kappa shape index (κ1) is 17.8. The van der Waals surface area contributed by atoms with E-state index in [-0.39, 0.29) is 0 Å². The molecule has 1 atom stereocenters. The van der Waals surface area contributed by atoms with Gasteiger partial charge in [0, 0.05) is 20.3 Å². The van der Waals surface area contributed by atoms with Crippen molar-refractivity contribution in [1.82, 2.24) is 5.32 Å². The summed E-state index contributed by atoms with van der Waals surface area (Å²) in [5, 5.41) is 3.27. The summed E-state index contributed by atoms with van der Waals surface area (Å²) >= 11 is 0. The summed E-state index contributed by atoms with van der Waals surface area (Å²) in [4.78, 5) is 0. The lowest BCUT2D eigenvalue weighted by Crippen LogP contribution is -2.35. The first-order valence-corrected chi connectivity index (χ1v) is 6.86. The van der Waals surface area contributed by atoms with E-state index in [0.29, 0.717) is 37.8 Å². The number of methoxy groups -OCH3 is 1. The molecule has 0 saturated carbocycles. The van der Waals surface area contributed by atoms with Gasteiger partial charge in [0.1, 0.15) is 0 Å². The molecule has 0 bridgehead atoms. The summed E-state index contributed by atoms with van der Waals surface area (Å²) in [5.74, 6) is 0.645. The zero-order valence-electron chi connectivity index (χ0n) is 12.8. The van der Waals surface area contributed by atoms with Gasteiger partial charge in [-0.2, -0.15) is 0 Å². The van der Waals surface area contributed by atoms with Crippen molar-refractivity contribution in [3.05, 3.63) is 0 Å². The lowest BCUT2D eigenvalue weighted by Gasteiger charge is -2.33. The topological polar surface area (TPSA) is 39.7 Å². The van der Waals surface area contributed by atoms with Crippen LogP contribution in [0.15, 0.2) is 0 Å². The predicted octanol–water partition coefficient (Wildman–Crippen LogP) is 1.94. The van der Waals surface area contributed by atoms with E-state index in [1.165, 1.54) is 0 Å². The van der Waals surface area contributed by atoms with Crippen LogP contribution < -0.4 is 5.32 Å². The van der Waals surface area contributed by atoms with Gasteiger partial charge in [-0.05, 0) is 24.8 Å². The molecular weight excluding hydrogens is 230 g/mol. The second kappa shape index (κ2) is 10.7. The van der Waals surface area contributed by atoms with Crippen molar-refractivity contribution >= 4 is 0 Å². The fourth-order valence-electron chi connectivity index (χ4n) is 1.75. The van der Waals surface area contributed by atoms with Crippen LogP contribution in [0.3, 0.4) is 0 Å². The first-order valence-electron chi connectivity index (χ1n) is 6.86. The van der Waals surface area contributed by atoms with Crippen molar-refractivity contribution in [1.29, 1.82) is 0 Å². The average Bonchev–Trinajstić information content (AvgIpc) is 2.33. The average molecular weight is 261 g/mol. The van der Waals surface area contributed by atoms with Gasteiger partial charge in [-0.25, -0.2) is 0 Å². The van der Waals surface area contributed by atoms with E-state index in [1.807, 2.05) is 7.05 Å². The Morgan fingerprint density at radius 1 is 1.00 bits per heavy atom. The maximum atomic E-state index is 5.61. The van der Waals surface area contributed by atoms with Gasteiger partial charge < -0.3 is 19.5 Å². The lowest BCUT2D eigenvalue weighted by molar-refractivity contribution is 0.0139. The molecule has 4 heteroatoms. The minimum atomic E-state index is 0.297. The highest BCUT2D eigenvalue weighted by molar-refractivity contribution is 4.79. The van der Waals surface area contributed by atoms with Crippen LogP contribution in [0.25, 0.3) is 0 Å². The second-order valence-corrected chi connectivity index (χ2v) is 5.31. The van der Waals surface area contributed by atoms with Crippen molar-refractivity contribution in [3.63, 3.8) is 0 Å². The molecule has 0 aromatic carbocycles. The Labute approximate surface area is 112 Å². The molecule has 0 radical (unpaired) electrons. The number of hydrogen-bond acceptors (Lipinski definition) is 4. The van der Waals surface area contributed by atoms with E-state index in [2.05, 4.69) is 26.1 Å². The summed E-state index contributed by atoms with van der Waals surface area (Å²) in [5.41, 5.74) is 0.297. The molecule has 0 aliphatic rings. The molecule has 0 saturated heterocycles. The Morgan fingerprint density at radius 2 is 1.56 bits per heavy atom. The molecule has 0 aliphatic heterocycles. The fourth-order valence-corrected chi connectivity index (χ4v) is 1.75. The third-order valence-corrected chi connectivity index (χ3v) is 3.60. The first-order chi connectivity index (χ1) is 8.56. The lowest BCUT2D eigenvalue weighted by atomic mass is 9.76. The van der Waals surface area contributed by atoms with Crippen LogP contribution in [-0.4, -0.2) is 53.7 Å². The van der Waals surface area contributed by atoms with E-state index < -0.39 is 0 Å². The Bertz CT molecular complexity index is 188. The molecule has 0 fully saturated rings. The number of hydrogen-bond donors (Lipinski definition) is 1. The molecule has 0 aromatic heterocycles. The second-order valence-electron chi connectivity index (χ2n) is 5.31. The highest BCUT2D eigenvalue weighted by Gasteiger charge is 2.26. The number of ether oxygens (including phenoxy) is 3. The molecule has 18 heavy (non-hydrogen) atoms. The van der Waals surface area contributed by atoms with Crippen LogP contribution in [0.1, 0.15) is 27.2 Å². The molecular formula is C14H31NO3. The van der Waals surface area contributed by atoms with Gasteiger partial charge in [-0.3, -0.25) is 0 Å². The molecule has 0 aliphatic carbocycles. The Kier molecular flexibility index (Phi) is 10.6. The van der Waals surface area contributed by atoms with Gasteiger partial charge in [0.15, 0.2) is 0 Å². The van der Waals surface area contributed by atoms with Gasteiger partial charge >= 0.3 is 0 Å². The predicted molar refractivity (Wildman–Crippen MR) is 75.0 cm³/mol. The summed E-state index contributed by atoms with van der Waals surface area (Å²) in [6.07, 6.45) is 1.07. The van der Waals surface area contributed by atoms with Gasteiger partial charge in [0.05, 0.1) is 26.4 Å². The molecule has 4 nitrogen and oxygen atoms in total. The highest BCUT2D eigenvalue weighted by Crippen LogP contribution is 2.29. The minimum Gasteiger partial charge on any atom is -0.382 e. The van der Waals surface area contributed by atoms with Crippen LogP contribution in [0.4, 0.5) is 0 Å². The van der Waals surface area contributed by atoms with Crippen LogP contribution >= 0.6 is 0 Å². The van der Waals surface area contributed by atoms with Crippen LogP contribution in [0.5, 0.6) is 0 Å². The molecule has 0 heterocycles. The van der Waals surface area contributed by atoms with Crippen LogP contribution in [-0.2, 0) is 14.2 Å². The highest BCUT2D eigenvalue weighted by atomic mass is 16.5.